The summed E-state index contributed by atoms with van der Waals surface area (Å²) in [5.74, 6) is 0.838. The van der Waals surface area contributed by atoms with E-state index in [2.05, 4.69) is 5.32 Å². The summed E-state index contributed by atoms with van der Waals surface area (Å²) in [7, 11) is 0. The Morgan fingerprint density at radius 1 is 1.28 bits per heavy atom. The smallest absolute Gasteiger partial charge is 0.254 e. The number of nitrogens with zero attached hydrogens (tertiary/aromatic N) is 1. The molecule has 1 aromatic carbocycles. The van der Waals surface area contributed by atoms with Gasteiger partial charge in [-0.2, -0.15) is 0 Å². The Labute approximate surface area is 147 Å². The van der Waals surface area contributed by atoms with Gasteiger partial charge in [0.25, 0.3) is 5.91 Å². The van der Waals surface area contributed by atoms with Crippen molar-refractivity contribution in [3.05, 3.63) is 29.8 Å². The van der Waals surface area contributed by atoms with Crippen LogP contribution in [-0.4, -0.2) is 53.7 Å². The average molecular weight is 344 g/mol. The number of ether oxygens (including phenoxy) is 1. The van der Waals surface area contributed by atoms with E-state index < -0.39 is 0 Å². The van der Waals surface area contributed by atoms with E-state index in [4.69, 9.17) is 4.74 Å². The van der Waals surface area contributed by atoms with Crippen molar-refractivity contribution >= 4 is 11.8 Å². The van der Waals surface area contributed by atoms with Crippen LogP contribution in [0.3, 0.4) is 0 Å². The lowest BCUT2D eigenvalue weighted by molar-refractivity contribution is -0.166. The van der Waals surface area contributed by atoms with E-state index in [0.717, 1.165) is 25.7 Å². The number of hydrogen-bond acceptors (Lipinski definition) is 4. The van der Waals surface area contributed by atoms with Gasteiger partial charge in [0.05, 0.1) is 19.7 Å². The van der Waals surface area contributed by atoms with Gasteiger partial charge in [-0.1, -0.05) is 6.07 Å². The Kier molecular flexibility index (Phi) is 4.15. The molecule has 3 fully saturated rings. The second kappa shape index (κ2) is 6.33. The van der Waals surface area contributed by atoms with Crippen LogP contribution in [0.25, 0.3) is 0 Å². The standard InChI is InChI=1S/C19H24N2O4/c22-16-3-1-2-15(8-16)18(24)21-11-19(12-21)7-6-13(10-25-19)9-20-17(23)14-4-5-14/h1-3,8,13-14,22H,4-7,9-12H2,(H,20,23)/t13-/m1/s1. The Morgan fingerprint density at radius 3 is 2.72 bits per heavy atom. The van der Waals surface area contributed by atoms with Gasteiger partial charge >= 0.3 is 0 Å². The van der Waals surface area contributed by atoms with E-state index in [9.17, 15) is 14.7 Å². The van der Waals surface area contributed by atoms with Crippen molar-refractivity contribution in [3.63, 3.8) is 0 Å². The maximum absolute atomic E-state index is 12.4. The summed E-state index contributed by atoms with van der Waals surface area (Å²) in [5, 5.41) is 12.5. The van der Waals surface area contributed by atoms with Gasteiger partial charge in [-0.15, -0.1) is 0 Å². The van der Waals surface area contributed by atoms with Gasteiger partial charge in [-0.3, -0.25) is 9.59 Å². The lowest BCUT2D eigenvalue weighted by Gasteiger charge is -2.52. The summed E-state index contributed by atoms with van der Waals surface area (Å²) < 4.78 is 6.07. The minimum Gasteiger partial charge on any atom is -0.508 e. The fourth-order valence-electron chi connectivity index (χ4n) is 3.68. The zero-order valence-corrected chi connectivity index (χ0v) is 14.2. The van der Waals surface area contributed by atoms with Crippen molar-refractivity contribution in [2.45, 2.75) is 31.3 Å². The van der Waals surface area contributed by atoms with Crippen LogP contribution < -0.4 is 5.32 Å². The molecule has 2 aliphatic heterocycles. The average Bonchev–Trinajstić information content (AvgIpc) is 3.42. The quantitative estimate of drug-likeness (QED) is 0.868. The highest BCUT2D eigenvalue weighted by Gasteiger charge is 2.48. The highest BCUT2D eigenvalue weighted by Crippen LogP contribution is 2.37. The number of likely N-dealkylation sites (tertiary alicyclic amines) is 1. The Bertz CT molecular complexity index is 670. The molecule has 0 aromatic heterocycles. The monoisotopic (exact) mass is 344 g/mol. The topological polar surface area (TPSA) is 78.9 Å². The summed E-state index contributed by atoms with van der Waals surface area (Å²) in [5.41, 5.74) is 0.287. The van der Waals surface area contributed by atoms with Crippen LogP contribution in [-0.2, 0) is 9.53 Å². The molecular weight excluding hydrogens is 320 g/mol. The molecule has 1 atom stereocenters. The second-order valence-electron chi connectivity index (χ2n) is 7.63. The van der Waals surface area contributed by atoms with E-state index in [1.807, 2.05) is 0 Å². The molecule has 2 amide bonds. The molecule has 1 spiro atoms. The normalized spacial score (nSPS) is 24.6. The fourth-order valence-corrected chi connectivity index (χ4v) is 3.68. The van der Waals surface area contributed by atoms with Gasteiger partial charge < -0.3 is 20.1 Å². The summed E-state index contributed by atoms with van der Waals surface area (Å²) in [6.45, 7) is 2.53. The van der Waals surface area contributed by atoms with Crippen LogP contribution in [0.2, 0.25) is 0 Å². The summed E-state index contributed by atoms with van der Waals surface area (Å²) >= 11 is 0. The van der Waals surface area contributed by atoms with E-state index in [0.29, 0.717) is 37.7 Å². The van der Waals surface area contributed by atoms with Gasteiger partial charge in [-0.25, -0.2) is 0 Å². The largest absolute Gasteiger partial charge is 0.508 e. The Morgan fingerprint density at radius 2 is 2.08 bits per heavy atom. The molecule has 6 nitrogen and oxygen atoms in total. The zero-order valence-electron chi connectivity index (χ0n) is 14.2. The molecule has 0 radical (unpaired) electrons. The molecule has 6 heteroatoms. The fraction of sp³-hybridized carbons (Fsp3) is 0.579. The summed E-state index contributed by atoms with van der Waals surface area (Å²) in [6, 6.07) is 6.44. The van der Waals surface area contributed by atoms with Crippen LogP contribution in [0, 0.1) is 11.8 Å². The predicted molar refractivity (Wildman–Crippen MR) is 91.2 cm³/mol. The van der Waals surface area contributed by atoms with E-state index in [1.165, 1.54) is 6.07 Å². The van der Waals surface area contributed by atoms with Crippen molar-refractivity contribution in [1.82, 2.24) is 10.2 Å². The molecule has 0 bridgehead atoms. The van der Waals surface area contributed by atoms with Gasteiger partial charge in [-0.05, 0) is 49.8 Å². The molecule has 25 heavy (non-hydrogen) atoms. The summed E-state index contributed by atoms with van der Waals surface area (Å²) in [4.78, 5) is 25.9. The number of benzene rings is 1. The maximum Gasteiger partial charge on any atom is 0.254 e. The maximum atomic E-state index is 12.4. The third kappa shape index (κ3) is 3.49. The van der Waals surface area contributed by atoms with Crippen LogP contribution in [0.5, 0.6) is 5.75 Å². The van der Waals surface area contributed by atoms with Crippen LogP contribution >= 0.6 is 0 Å². The molecule has 1 aliphatic carbocycles. The first kappa shape index (κ1) is 16.4. The minimum atomic E-state index is -0.219. The first-order valence-corrected chi connectivity index (χ1v) is 9.05. The lowest BCUT2D eigenvalue weighted by Crippen LogP contribution is -2.66. The van der Waals surface area contributed by atoms with Crippen LogP contribution in [0.15, 0.2) is 24.3 Å². The number of rotatable bonds is 4. The molecule has 0 unspecified atom stereocenters. The van der Waals surface area contributed by atoms with E-state index >= 15 is 0 Å². The van der Waals surface area contributed by atoms with Gasteiger partial charge in [0.1, 0.15) is 11.4 Å². The zero-order chi connectivity index (χ0) is 17.4. The molecular formula is C19H24N2O4. The molecule has 2 N–H and O–H groups in total. The Hall–Kier alpha value is -2.08. The SMILES string of the molecule is O=C(NC[C@H]1CCC2(CN(C(=O)c3cccc(O)c3)C2)OC1)C1CC1. The minimum absolute atomic E-state index is 0.0658. The van der Waals surface area contributed by atoms with Crippen molar-refractivity contribution in [2.75, 3.05) is 26.2 Å². The number of nitrogens with one attached hydrogen (secondary N) is 1. The highest BCUT2D eigenvalue weighted by atomic mass is 16.5. The van der Waals surface area contributed by atoms with Crippen molar-refractivity contribution in [2.24, 2.45) is 11.8 Å². The molecule has 1 aromatic rings. The third-order valence-electron chi connectivity index (χ3n) is 5.48. The Balaban J connectivity index is 1.23. The van der Waals surface area contributed by atoms with Gasteiger partial charge in [0.15, 0.2) is 0 Å². The first-order valence-electron chi connectivity index (χ1n) is 9.05. The number of hydrogen-bond donors (Lipinski definition) is 2. The molecule has 4 rings (SSSR count). The summed E-state index contributed by atoms with van der Waals surface area (Å²) in [6.07, 6.45) is 3.98. The van der Waals surface area contributed by atoms with Crippen molar-refractivity contribution in [1.29, 1.82) is 0 Å². The van der Waals surface area contributed by atoms with Crippen LogP contribution in [0.4, 0.5) is 0 Å². The number of phenols is 1. The van der Waals surface area contributed by atoms with Crippen molar-refractivity contribution < 1.29 is 19.4 Å². The van der Waals surface area contributed by atoms with Gasteiger partial charge in [0, 0.05) is 18.0 Å². The predicted octanol–water partition coefficient (Wildman–Crippen LogP) is 1.54. The molecule has 1 saturated carbocycles. The number of phenolic OH excluding ortho intramolecular Hbond substituents is 1. The lowest BCUT2D eigenvalue weighted by atomic mass is 9.82. The van der Waals surface area contributed by atoms with E-state index in [-0.39, 0.29) is 29.1 Å². The third-order valence-corrected chi connectivity index (χ3v) is 5.48. The second-order valence-corrected chi connectivity index (χ2v) is 7.63. The molecule has 2 heterocycles. The highest BCUT2D eigenvalue weighted by molar-refractivity contribution is 5.95. The van der Waals surface area contributed by atoms with Crippen molar-refractivity contribution in [3.8, 4) is 5.75 Å². The number of carbonyl (C=O) groups is 2. The number of amides is 2. The first-order chi connectivity index (χ1) is 12.0. The molecule has 134 valence electrons. The van der Waals surface area contributed by atoms with E-state index in [1.54, 1.807) is 23.1 Å². The molecule has 3 aliphatic rings. The molecule has 2 saturated heterocycles. The number of carbonyl (C=O) groups excluding carboxylic acids is 2. The number of aromatic hydroxyl groups is 1. The van der Waals surface area contributed by atoms with Crippen LogP contribution in [0.1, 0.15) is 36.0 Å². The van der Waals surface area contributed by atoms with Gasteiger partial charge in [0.2, 0.25) is 5.91 Å².